The molecule has 2 aliphatic heterocycles. The molecule has 170 valence electrons. The number of hydrogen-bond donors (Lipinski definition) is 1. The zero-order valence-electron chi connectivity index (χ0n) is 18.7. The summed E-state index contributed by atoms with van der Waals surface area (Å²) in [6, 6.07) is 12.5. The van der Waals surface area contributed by atoms with Crippen molar-refractivity contribution in [2.45, 2.75) is 51.0 Å². The predicted octanol–water partition coefficient (Wildman–Crippen LogP) is 3.33. The summed E-state index contributed by atoms with van der Waals surface area (Å²) in [6.07, 6.45) is 1.91. The number of rotatable bonds is 4. The fourth-order valence-corrected chi connectivity index (χ4v) is 6.23. The van der Waals surface area contributed by atoms with E-state index >= 15 is 0 Å². The van der Waals surface area contributed by atoms with E-state index in [1.54, 1.807) is 23.1 Å². The number of amides is 2. The van der Waals surface area contributed by atoms with E-state index < -0.39 is 15.9 Å². The highest BCUT2D eigenvalue weighted by Crippen LogP contribution is 2.35. The molecule has 1 N–H and O–H groups in total. The Morgan fingerprint density at radius 3 is 2.50 bits per heavy atom. The molecule has 2 unspecified atom stereocenters. The van der Waals surface area contributed by atoms with E-state index in [2.05, 4.69) is 5.32 Å². The Bertz CT molecular complexity index is 1140. The highest BCUT2D eigenvalue weighted by molar-refractivity contribution is 7.89. The van der Waals surface area contributed by atoms with Gasteiger partial charge in [0.15, 0.2) is 0 Å². The molecule has 32 heavy (non-hydrogen) atoms. The molecular formula is C24H29N3O4S. The van der Waals surface area contributed by atoms with Gasteiger partial charge in [-0.3, -0.25) is 9.59 Å². The number of nitrogens with one attached hydrogen (secondary N) is 1. The van der Waals surface area contributed by atoms with Gasteiger partial charge in [-0.15, -0.1) is 0 Å². The van der Waals surface area contributed by atoms with Gasteiger partial charge in [0.25, 0.3) is 0 Å². The van der Waals surface area contributed by atoms with Crippen molar-refractivity contribution in [1.29, 1.82) is 0 Å². The minimum absolute atomic E-state index is 0.00490. The molecule has 1 fully saturated rings. The summed E-state index contributed by atoms with van der Waals surface area (Å²) in [6.45, 7) is 6.01. The van der Waals surface area contributed by atoms with Gasteiger partial charge < -0.3 is 10.2 Å². The maximum absolute atomic E-state index is 13.4. The first-order chi connectivity index (χ1) is 15.2. The molecule has 2 aromatic rings. The van der Waals surface area contributed by atoms with Crippen LogP contribution in [0.2, 0.25) is 0 Å². The van der Waals surface area contributed by atoms with Crippen molar-refractivity contribution in [3.05, 3.63) is 53.6 Å². The van der Waals surface area contributed by atoms with Gasteiger partial charge in [0.05, 0.1) is 10.8 Å². The molecule has 2 aromatic carbocycles. The third-order valence-corrected chi connectivity index (χ3v) is 8.18. The summed E-state index contributed by atoms with van der Waals surface area (Å²) in [5.74, 6) is -0.610. The first-order valence-electron chi connectivity index (χ1n) is 11.0. The van der Waals surface area contributed by atoms with Gasteiger partial charge in [0.2, 0.25) is 21.8 Å². The van der Waals surface area contributed by atoms with Gasteiger partial charge in [-0.25, -0.2) is 8.42 Å². The number of benzene rings is 2. The number of anilines is 2. The number of hydrogen-bond acceptors (Lipinski definition) is 4. The molecule has 4 rings (SSSR count). The fraction of sp³-hybridized carbons (Fsp3) is 0.417. The predicted molar refractivity (Wildman–Crippen MR) is 124 cm³/mol. The third-order valence-electron chi connectivity index (χ3n) is 6.32. The van der Waals surface area contributed by atoms with Gasteiger partial charge in [-0.1, -0.05) is 17.7 Å². The molecule has 0 radical (unpaired) electrons. The van der Waals surface area contributed by atoms with Crippen molar-refractivity contribution in [3.8, 4) is 0 Å². The van der Waals surface area contributed by atoms with Gasteiger partial charge in [-0.2, -0.15) is 4.31 Å². The number of nitrogens with zero attached hydrogens (tertiary/aromatic N) is 2. The van der Waals surface area contributed by atoms with Crippen LogP contribution in [-0.4, -0.2) is 43.7 Å². The Kier molecular flexibility index (Phi) is 6.09. The lowest BCUT2D eigenvalue weighted by Crippen LogP contribution is -2.43. The van der Waals surface area contributed by atoms with Gasteiger partial charge in [0, 0.05) is 37.4 Å². The van der Waals surface area contributed by atoms with Crippen LogP contribution in [0.25, 0.3) is 0 Å². The van der Waals surface area contributed by atoms with Crippen LogP contribution in [0.1, 0.15) is 37.8 Å². The van der Waals surface area contributed by atoms with Crippen molar-refractivity contribution < 1.29 is 18.0 Å². The van der Waals surface area contributed by atoms with Crippen molar-refractivity contribution in [2.75, 3.05) is 23.3 Å². The number of fused-ring (bicyclic) bond motifs is 1. The lowest BCUT2D eigenvalue weighted by atomic mass is 9.98. The van der Waals surface area contributed by atoms with Crippen molar-refractivity contribution >= 4 is 33.2 Å². The van der Waals surface area contributed by atoms with Gasteiger partial charge in [-0.05, 0) is 69.0 Å². The molecule has 0 aliphatic carbocycles. The Hall–Kier alpha value is -2.71. The van der Waals surface area contributed by atoms with Crippen LogP contribution >= 0.6 is 0 Å². The van der Waals surface area contributed by atoms with E-state index in [1.807, 2.05) is 38.1 Å². The molecule has 0 bridgehead atoms. The number of carbonyl (C=O) groups is 2. The lowest BCUT2D eigenvalue weighted by molar-refractivity contribution is -0.121. The van der Waals surface area contributed by atoms with E-state index in [0.717, 1.165) is 16.8 Å². The lowest BCUT2D eigenvalue weighted by Gasteiger charge is -2.31. The average molecular weight is 456 g/mol. The summed E-state index contributed by atoms with van der Waals surface area (Å²) >= 11 is 0. The van der Waals surface area contributed by atoms with Crippen LogP contribution in [0.5, 0.6) is 0 Å². The molecule has 1 saturated heterocycles. The molecule has 2 aliphatic rings. The standard InChI is InChI=1S/C24H29N3O4S/c1-16-6-8-21(9-7-16)25-24(29)19-5-4-12-26(15-19)32(30,31)22-10-11-23-20(14-22)13-17(2)27(23)18(3)28/h6-11,14,17,19H,4-5,12-13,15H2,1-3H3,(H,25,29). The first-order valence-corrected chi connectivity index (χ1v) is 12.4. The van der Waals surface area contributed by atoms with E-state index in [1.165, 1.54) is 11.2 Å². The number of carbonyl (C=O) groups excluding carboxylic acids is 2. The van der Waals surface area contributed by atoms with Crippen LogP contribution in [0.15, 0.2) is 47.4 Å². The smallest absolute Gasteiger partial charge is 0.243 e. The largest absolute Gasteiger partial charge is 0.326 e. The second-order valence-electron chi connectivity index (χ2n) is 8.79. The van der Waals surface area contributed by atoms with Crippen LogP contribution in [0, 0.1) is 12.8 Å². The summed E-state index contributed by atoms with van der Waals surface area (Å²) < 4.78 is 28.1. The summed E-state index contributed by atoms with van der Waals surface area (Å²) in [7, 11) is -3.73. The summed E-state index contributed by atoms with van der Waals surface area (Å²) in [5, 5.41) is 2.91. The maximum atomic E-state index is 13.4. The van der Waals surface area contributed by atoms with Gasteiger partial charge >= 0.3 is 0 Å². The Balaban J connectivity index is 1.50. The number of sulfonamides is 1. The normalized spacial score (nSPS) is 21.3. The van der Waals surface area contributed by atoms with Crippen LogP contribution in [-0.2, 0) is 26.0 Å². The quantitative estimate of drug-likeness (QED) is 0.766. The SMILES string of the molecule is CC(=O)N1c2ccc(S(=O)(=O)N3CCCC(C(=O)Nc4ccc(C)cc4)C3)cc2CC1C. The molecule has 0 saturated carbocycles. The minimum Gasteiger partial charge on any atom is -0.326 e. The highest BCUT2D eigenvalue weighted by atomic mass is 32.2. The number of aryl methyl sites for hydroxylation is 1. The molecule has 2 amide bonds. The van der Waals surface area contributed by atoms with E-state index in [9.17, 15) is 18.0 Å². The molecule has 8 heteroatoms. The average Bonchev–Trinajstić information content (AvgIpc) is 3.10. The van der Waals surface area contributed by atoms with Crippen LogP contribution in [0.4, 0.5) is 11.4 Å². The van der Waals surface area contributed by atoms with E-state index in [0.29, 0.717) is 31.5 Å². The highest BCUT2D eigenvalue weighted by Gasteiger charge is 2.35. The fourth-order valence-electron chi connectivity index (χ4n) is 4.65. The van der Waals surface area contributed by atoms with Crippen molar-refractivity contribution in [2.24, 2.45) is 5.92 Å². The van der Waals surface area contributed by atoms with Crippen LogP contribution in [0.3, 0.4) is 0 Å². The molecule has 0 aromatic heterocycles. The van der Waals surface area contributed by atoms with E-state index in [-0.39, 0.29) is 29.3 Å². The second kappa shape index (κ2) is 8.67. The molecule has 0 spiro atoms. The molecular weight excluding hydrogens is 426 g/mol. The molecule has 2 heterocycles. The van der Waals surface area contributed by atoms with Crippen molar-refractivity contribution in [3.63, 3.8) is 0 Å². The number of piperidine rings is 1. The maximum Gasteiger partial charge on any atom is 0.243 e. The zero-order chi connectivity index (χ0) is 23.0. The van der Waals surface area contributed by atoms with E-state index in [4.69, 9.17) is 0 Å². The second-order valence-corrected chi connectivity index (χ2v) is 10.7. The van der Waals surface area contributed by atoms with Crippen molar-refractivity contribution in [1.82, 2.24) is 4.31 Å². The Morgan fingerprint density at radius 2 is 1.81 bits per heavy atom. The monoisotopic (exact) mass is 455 g/mol. The molecule has 7 nitrogen and oxygen atoms in total. The summed E-state index contributed by atoms with van der Waals surface area (Å²) in [5.41, 5.74) is 3.45. The Labute approximate surface area is 189 Å². The van der Waals surface area contributed by atoms with Crippen LogP contribution < -0.4 is 10.2 Å². The Morgan fingerprint density at radius 1 is 1.09 bits per heavy atom. The third kappa shape index (κ3) is 4.29. The first kappa shape index (κ1) is 22.5. The zero-order valence-corrected chi connectivity index (χ0v) is 19.5. The molecule has 2 atom stereocenters. The topological polar surface area (TPSA) is 86.8 Å². The summed E-state index contributed by atoms with van der Waals surface area (Å²) in [4.78, 5) is 26.7. The van der Waals surface area contributed by atoms with Gasteiger partial charge in [0.1, 0.15) is 0 Å². The minimum atomic E-state index is -3.73.